The first-order chi connectivity index (χ1) is 16.4. The Kier molecular flexibility index (Phi) is 11.5. The molecule has 2 unspecified atom stereocenters. The molecule has 0 aliphatic rings. The lowest BCUT2D eigenvalue weighted by molar-refractivity contribution is 0.0341. The summed E-state index contributed by atoms with van der Waals surface area (Å²) in [6.07, 6.45) is 11.6. The van der Waals surface area contributed by atoms with Gasteiger partial charge in [0.1, 0.15) is 28.9 Å². The van der Waals surface area contributed by atoms with E-state index in [-0.39, 0.29) is 17.4 Å². The van der Waals surface area contributed by atoms with Crippen LogP contribution in [0.4, 0.5) is 0 Å². The summed E-state index contributed by atoms with van der Waals surface area (Å²) in [7, 11) is 3.11. The molecule has 0 amide bonds. The Labute approximate surface area is 210 Å². The van der Waals surface area contributed by atoms with Crippen LogP contribution in [0.5, 0.6) is 17.2 Å². The van der Waals surface area contributed by atoms with E-state index in [2.05, 4.69) is 21.9 Å². The summed E-state index contributed by atoms with van der Waals surface area (Å²) in [5.74, 6) is 3.06. The zero-order valence-corrected chi connectivity index (χ0v) is 21.3. The van der Waals surface area contributed by atoms with Crippen LogP contribution in [0.2, 0.25) is 0 Å². The number of hydrogen-bond acceptors (Lipinski definition) is 6. The summed E-state index contributed by atoms with van der Waals surface area (Å²) < 4.78 is 22.2. The largest absolute Gasteiger partial charge is 0.507 e. The zero-order valence-electron chi connectivity index (χ0n) is 19.8. The SMILES string of the molecule is C#CCCCC(/C=C/CC(C)OC(=O)c1c(O)cc(OC)cc1Br)OCc1ccc(OC)cc1. The van der Waals surface area contributed by atoms with Crippen molar-refractivity contribution in [2.45, 2.75) is 51.4 Å². The van der Waals surface area contributed by atoms with Crippen LogP contribution >= 0.6 is 15.9 Å². The molecule has 2 rings (SSSR count). The first kappa shape index (κ1) is 27.3. The molecule has 0 heterocycles. The number of unbranched alkanes of at least 4 members (excludes halogenated alkanes) is 1. The normalized spacial score (nSPS) is 12.7. The molecule has 0 aliphatic carbocycles. The molecule has 0 saturated carbocycles. The second kappa shape index (κ2) is 14.3. The van der Waals surface area contributed by atoms with Crippen LogP contribution < -0.4 is 9.47 Å². The number of halogens is 1. The van der Waals surface area contributed by atoms with Crippen molar-refractivity contribution in [3.63, 3.8) is 0 Å². The van der Waals surface area contributed by atoms with E-state index in [4.69, 9.17) is 25.4 Å². The number of ether oxygens (including phenoxy) is 4. The zero-order chi connectivity index (χ0) is 24.9. The number of methoxy groups -OCH3 is 2. The van der Waals surface area contributed by atoms with Crippen molar-refractivity contribution in [3.8, 4) is 29.6 Å². The first-order valence-electron chi connectivity index (χ1n) is 11.0. The van der Waals surface area contributed by atoms with Gasteiger partial charge in [0.25, 0.3) is 0 Å². The Balaban J connectivity index is 1.93. The second-order valence-corrected chi connectivity index (χ2v) is 8.53. The van der Waals surface area contributed by atoms with Crippen LogP contribution in [0.15, 0.2) is 53.0 Å². The molecule has 0 fully saturated rings. The number of esters is 1. The molecular formula is C27H31BrO6. The van der Waals surface area contributed by atoms with E-state index in [9.17, 15) is 9.90 Å². The smallest absolute Gasteiger partial charge is 0.343 e. The fraction of sp³-hybridized carbons (Fsp3) is 0.370. The number of carbonyl (C=O) groups is 1. The highest BCUT2D eigenvalue weighted by molar-refractivity contribution is 9.10. The van der Waals surface area contributed by atoms with E-state index >= 15 is 0 Å². The van der Waals surface area contributed by atoms with E-state index in [1.807, 2.05) is 36.4 Å². The Bertz CT molecular complexity index is 970. The molecule has 0 bridgehead atoms. The number of carbonyl (C=O) groups excluding carboxylic acids is 1. The van der Waals surface area contributed by atoms with Gasteiger partial charge in [-0.1, -0.05) is 24.3 Å². The van der Waals surface area contributed by atoms with Gasteiger partial charge in [-0.25, -0.2) is 4.79 Å². The van der Waals surface area contributed by atoms with E-state index in [1.54, 1.807) is 20.1 Å². The van der Waals surface area contributed by atoms with Gasteiger partial charge in [0.05, 0.1) is 26.9 Å². The molecule has 0 aliphatic heterocycles. The number of benzene rings is 2. The molecule has 0 saturated heterocycles. The van der Waals surface area contributed by atoms with Gasteiger partial charge in [0, 0.05) is 23.4 Å². The average Bonchev–Trinajstić information content (AvgIpc) is 2.82. The number of phenols is 1. The fourth-order valence-electron chi connectivity index (χ4n) is 3.17. The van der Waals surface area contributed by atoms with Gasteiger partial charge < -0.3 is 24.1 Å². The molecule has 2 aromatic rings. The third-order valence-electron chi connectivity index (χ3n) is 5.04. The van der Waals surface area contributed by atoms with Crippen LogP contribution in [0, 0.1) is 12.3 Å². The molecular weight excluding hydrogens is 500 g/mol. The summed E-state index contributed by atoms with van der Waals surface area (Å²) >= 11 is 3.28. The van der Waals surface area contributed by atoms with E-state index in [0.29, 0.717) is 29.7 Å². The predicted molar refractivity (Wildman–Crippen MR) is 135 cm³/mol. The first-order valence-corrected chi connectivity index (χ1v) is 11.8. The summed E-state index contributed by atoms with van der Waals surface area (Å²) in [5.41, 5.74) is 1.11. The maximum absolute atomic E-state index is 12.5. The number of rotatable bonds is 13. The lowest BCUT2D eigenvalue weighted by Crippen LogP contribution is -2.15. The van der Waals surface area contributed by atoms with Gasteiger partial charge in [-0.3, -0.25) is 0 Å². The van der Waals surface area contributed by atoms with Gasteiger partial charge in [-0.2, -0.15) is 0 Å². The molecule has 6 nitrogen and oxygen atoms in total. The van der Waals surface area contributed by atoms with Crippen LogP contribution in [-0.2, 0) is 16.1 Å². The molecule has 182 valence electrons. The monoisotopic (exact) mass is 530 g/mol. The maximum atomic E-state index is 12.5. The molecule has 0 radical (unpaired) electrons. The standard InChI is InChI=1S/C27H31BrO6/c1-5-6-7-10-22(33-18-20-12-14-21(31-3)15-13-20)11-8-9-19(2)34-27(30)26-24(28)16-23(32-4)17-25(26)29/h1,8,11-17,19,22,29H,6-7,9-10,18H2,2-4H3/b11-8+. The highest BCUT2D eigenvalue weighted by Gasteiger charge is 2.20. The fourth-order valence-corrected chi connectivity index (χ4v) is 3.76. The van der Waals surface area contributed by atoms with Gasteiger partial charge in [0.15, 0.2) is 0 Å². The molecule has 2 atom stereocenters. The van der Waals surface area contributed by atoms with Crippen molar-refractivity contribution in [3.05, 3.63) is 64.1 Å². The number of phenolic OH excluding ortho intramolecular Hbond substituents is 1. The summed E-state index contributed by atoms with van der Waals surface area (Å²) in [6, 6.07) is 10.7. The number of aromatic hydroxyl groups is 1. The van der Waals surface area contributed by atoms with Crippen LogP contribution in [0.25, 0.3) is 0 Å². The lowest BCUT2D eigenvalue weighted by Gasteiger charge is -2.16. The third-order valence-corrected chi connectivity index (χ3v) is 5.67. The molecule has 1 N–H and O–H groups in total. The second-order valence-electron chi connectivity index (χ2n) is 7.68. The van der Waals surface area contributed by atoms with Crippen molar-refractivity contribution in [1.29, 1.82) is 0 Å². The number of terminal acetylenes is 1. The molecule has 0 aromatic heterocycles. The summed E-state index contributed by atoms with van der Waals surface area (Å²) in [6.45, 7) is 2.26. The van der Waals surface area contributed by atoms with Crippen LogP contribution in [0.1, 0.15) is 48.5 Å². The highest BCUT2D eigenvalue weighted by atomic mass is 79.9. The topological polar surface area (TPSA) is 74.2 Å². The van der Waals surface area contributed by atoms with Gasteiger partial charge in [-0.05, 0) is 59.5 Å². The van der Waals surface area contributed by atoms with Gasteiger partial charge >= 0.3 is 5.97 Å². The van der Waals surface area contributed by atoms with Crippen LogP contribution in [-0.4, -0.2) is 37.5 Å². The molecule has 0 spiro atoms. The maximum Gasteiger partial charge on any atom is 0.343 e. The van der Waals surface area contributed by atoms with Crippen molar-refractivity contribution >= 4 is 21.9 Å². The Morgan fingerprint density at radius 2 is 1.88 bits per heavy atom. The lowest BCUT2D eigenvalue weighted by atomic mass is 10.1. The van der Waals surface area contributed by atoms with Crippen molar-refractivity contribution in [2.24, 2.45) is 0 Å². The van der Waals surface area contributed by atoms with E-state index in [1.165, 1.54) is 13.2 Å². The number of hydrogen-bond donors (Lipinski definition) is 1. The third kappa shape index (κ3) is 8.77. The summed E-state index contributed by atoms with van der Waals surface area (Å²) in [5, 5.41) is 10.2. The predicted octanol–water partition coefficient (Wildman–Crippen LogP) is 6.05. The van der Waals surface area contributed by atoms with Crippen LogP contribution in [0.3, 0.4) is 0 Å². The minimum Gasteiger partial charge on any atom is -0.507 e. The average molecular weight is 531 g/mol. The van der Waals surface area contributed by atoms with Crippen molar-refractivity contribution in [2.75, 3.05) is 14.2 Å². The molecule has 7 heteroatoms. The van der Waals surface area contributed by atoms with E-state index in [0.717, 1.165) is 24.2 Å². The highest BCUT2D eigenvalue weighted by Crippen LogP contribution is 2.32. The quantitative estimate of drug-likeness (QED) is 0.147. The Morgan fingerprint density at radius 3 is 2.50 bits per heavy atom. The minimum atomic E-state index is -0.616. The van der Waals surface area contributed by atoms with Gasteiger partial charge in [0.2, 0.25) is 0 Å². The van der Waals surface area contributed by atoms with E-state index < -0.39 is 12.1 Å². The Morgan fingerprint density at radius 1 is 1.18 bits per heavy atom. The molecule has 34 heavy (non-hydrogen) atoms. The minimum absolute atomic E-state index is 0.0617. The van der Waals surface area contributed by atoms with Crippen molar-refractivity contribution < 1.29 is 28.8 Å². The molecule has 2 aromatic carbocycles. The van der Waals surface area contributed by atoms with Crippen molar-refractivity contribution in [1.82, 2.24) is 0 Å². The summed E-state index contributed by atoms with van der Waals surface area (Å²) in [4.78, 5) is 12.5. The van der Waals surface area contributed by atoms with Gasteiger partial charge in [-0.15, -0.1) is 12.3 Å². The Hall–Kier alpha value is -2.95.